The Labute approximate surface area is 139 Å². The molecule has 0 saturated carbocycles. The van der Waals surface area contributed by atoms with Crippen molar-refractivity contribution in [1.29, 1.82) is 5.26 Å². The van der Waals surface area contributed by atoms with Crippen LogP contribution >= 0.6 is 0 Å². The van der Waals surface area contributed by atoms with Gasteiger partial charge in [0.1, 0.15) is 11.8 Å². The second kappa shape index (κ2) is 7.55. The standard InChI is InChI=1S/C16H19N3O5/c1-5-16(10(3)20,15(21)24-6-2)12-7-8-13(19(22)23)14(18-4)11(12)9-17/h7-8,18H,5-6H2,1-4H3. The predicted octanol–water partition coefficient (Wildman–Crippen LogP) is 2.31. The second-order valence-electron chi connectivity index (χ2n) is 5.04. The number of nitrogens with one attached hydrogen (secondary N) is 1. The van der Waals surface area contributed by atoms with Gasteiger partial charge in [0.2, 0.25) is 0 Å². The number of rotatable bonds is 7. The molecule has 0 saturated heterocycles. The summed E-state index contributed by atoms with van der Waals surface area (Å²) >= 11 is 0. The summed E-state index contributed by atoms with van der Waals surface area (Å²) in [4.78, 5) is 35.4. The lowest BCUT2D eigenvalue weighted by atomic mass is 9.72. The molecule has 0 spiro atoms. The van der Waals surface area contributed by atoms with Crippen molar-refractivity contribution in [2.45, 2.75) is 32.6 Å². The van der Waals surface area contributed by atoms with Gasteiger partial charge in [0.25, 0.3) is 5.69 Å². The van der Waals surface area contributed by atoms with E-state index in [0.717, 1.165) is 0 Å². The van der Waals surface area contributed by atoms with E-state index in [-0.39, 0.29) is 35.5 Å². The third-order valence-electron chi connectivity index (χ3n) is 3.96. The van der Waals surface area contributed by atoms with Gasteiger partial charge in [0.05, 0.1) is 17.1 Å². The summed E-state index contributed by atoms with van der Waals surface area (Å²) in [6, 6.07) is 4.33. The smallest absolute Gasteiger partial charge is 0.324 e. The van der Waals surface area contributed by atoms with Crippen molar-refractivity contribution >= 4 is 23.1 Å². The average molecular weight is 333 g/mol. The highest BCUT2D eigenvalue weighted by molar-refractivity contribution is 6.09. The molecule has 1 atom stereocenters. The first kappa shape index (κ1) is 19.1. The summed E-state index contributed by atoms with van der Waals surface area (Å²) in [6.07, 6.45) is 0.0663. The topological polar surface area (TPSA) is 122 Å². The number of hydrogen-bond acceptors (Lipinski definition) is 7. The van der Waals surface area contributed by atoms with Crippen LogP contribution in [0.4, 0.5) is 11.4 Å². The summed E-state index contributed by atoms with van der Waals surface area (Å²) in [5, 5.41) is 23.3. The van der Waals surface area contributed by atoms with Crippen LogP contribution in [0, 0.1) is 21.4 Å². The molecule has 0 aliphatic heterocycles. The van der Waals surface area contributed by atoms with Gasteiger partial charge in [-0.05, 0) is 31.9 Å². The number of Topliss-reactive ketones (excluding diaryl/α,β-unsaturated/α-hetero) is 1. The number of nitro groups is 1. The van der Waals surface area contributed by atoms with Crippen LogP contribution in [0.3, 0.4) is 0 Å². The number of hydrogen-bond donors (Lipinski definition) is 1. The first-order valence-electron chi connectivity index (χ1n) is 7.39. The highest BCUT2D eigenvalue weighted by Gasteiger charge is 2.47. The van der Waals surface area contributed by atoms with Gasteiger partial charge in [-0.15, -0.1) is 0 Å². The molecule has 0 fully saturated rings. The van der Waals surface area contributed by atoms with Gasteiger partial charge in [0, 0.05) is 13.1 Å². The van der Waals surface area contributed by atoms with Gasteiger partial charge in [0.15, 0.2) is 11.2 Å². The normalized spacial score (nSPS) is 12.6. The number of esters is 1. The molecular weight excluding hydrogens is 314 g/mol. The molecule has 0 bridgehead atoms. The third kappa shape index (κ3) is 2.93. The maximum Gasteiger partial charge on any atom is 0.324 e. The molecule has 8 heteroatoms. The molecule has 0 amide bonds. The van der Waals surface area contributed by atoms with Crippen LogP contribution in [0.25, 0.3) is 0 Å². The molecule has 0 aliphatic rings. The second-order valence-corrected chi connectivity index (χ2v) is 5.04. The number of nitrogens with zero attached hydrogens (tertiary/aromatic N) is 2. The molecule has 0 heterocycles. The van der Waals surface area contributed by atoms with Crippen molar-refractivity contribution in [3.05, 3.63) is 33.4 Å². The van der Waals surface area contributed by atoms with Crippen LogP contribution < -0.4 is 5.32 Å². The van der Waals surface area contributed by atoms with E-state index in [1.807, 2.05) is 6.07 Å². The fourth-order valence-electron chi connectivity index (χ4n) is 2.75. The van der Waals surface area contributed by atoms with Crippen LogP contribution in [-0.2, 0) is 19.7 Å². The van der Waals surface area contributed by atoms with Crippen molar-refractivity contribution in [3.8, 4) is 6.07 Å². The highest BCUT2D eigenvalue weighted by Crippen LogP contribution is 2.39. The first-order chi connectivity index (χ1) is 11.3. The van der Waals surface area contributed by atoms with E-state index in [2.05, 4.69) is 5.32 Å². The minimum atomic E-state index is -1.68. The number of carbonyl (C=O) groups excluding carboxylic acids is 2. The minimum absolute atomic E-state index is 0.0385. The van der Waals surface area contributed by atoms with E-state index in [0.29, 0.717) is 0 Å². The molecular formula is C16H19N3O5. The van der Waals surface area contributed by atoms with Crippen molar-refractivity contribution in [2.24, 2.45) is 0 Å². The average Bonchev–Trinajstić information content (AvgIpc) is 2.54. The fraction of sp³-hybridized carbons (Fsp3) is 0.438. The largest absolute Gasteiger partial charge is 0.465 e. The molecule has 1 unspecified atom stereocenters. The molecule has 1 N–H and O–H groups in total. The van der Waals surface area contributed by atoms with Crippen molar-refractivity contribution in [2.75, 3.05) is 19.0 Å². The lowest BCUT2D eigenvalue weighted by Gasteiger charge is -2.29. The zero-order chi connectivity index (χ0) is 18.5. The summed E-state index contributed by atoms with van der Waals surface area (Å²) in [7, 11) is 1.43. The molecule has 24 heavy (non-hydrogen) atoms. The number of ketones is 1. The van der Waals surface area contributed by atoms with Crippen LogP contribution in [-0.4, -0.2) is 30.3 Å². The summed E-state index contributed by atoms with van der Waals surface area (Å²) in [5.41, 5.74) is -2.04. The Hall–Kier alpha value is -2.95. The molecule has 8 nitrogen and oxygen atoms in total. The maximum atomic E-state index is 12.5. The number of ether oxygens (including phenoxy) is 1. The first-order valence-corrected chi connectivity index (χ1v) is 7.39. The van der Waals surface area contributed by atoms with E-state index >= 15 is 0 Å². The van der Waals surface area contributed by atoms with Gasteiger partial charge in [-0.1, -0.05) is 6.92 Å². The summed E-state index contributed by atoms with van der Waals surface area (Å²) in [5.74, 6) is -1.26. The Kier molecular flexibility index (Phi) is 6.01. The number of anilines is 1. The Morgan fingerprint density at radius 1 is 1.42 bits per heavy atom. The Morgan fingerprint density at radius 2 is 2.04 bits per heavy atom. The molecule has 128 valence electrons. The van der Waals surface area contributed by atoms with Gasteiger partial charge >= 0.3 is 5.97 Å². The summed E-state index contributed by atoms with van der Waals surface area (Å²) in [6.45, 7) is 4.54. The highest BCUT2D eigenvalue weighted by atomic mass is 16.6. The molecule has 0 aliphatic carbocycles. The van der Waals surface area contributed by atoms with Gasteiger partial charge in [-0.3, -0.25) is 19.7 Å². The van der Waals surface area contributed by atoms with Gasteiger partial charge in [-0.2, -0.15) is 5.26 Å². The maximum absolute atomic E-state index is 12.5. The Balaban J connectivity index is 3.85. The number of nitriles is 1. The molecule has 0 aromatic heterocycles. The molecule has 1 aromatic carbocycles. The number of nitro benzene ring substituents is 1. The van der Waals surface area contributed by atoms with Crippen LogP contribution in [0.2, 0.25) is 0 Å². The Morgan fingerprint density at radius 3 is 2.42 bits per heavy atom. The fourth-order valence-corrected chi connectivity index (χ4v) is 2.75. The quantitative estimate of drug-likeness (QED) is 0.351. The zero-order valence-corrected chi connectivity index (χ0v) is 14.0. The van der Waals surface area contributed by atoms with E-state index in [9.17, 15) is 25.0 Å². The lowest BCUT2D eigenvalue weighted by Crippen LogP contribution is -2.44. The number of benzene rings is 1. The summed E-state index contributed by atoms with van der Waals surface area (Å²) < 4.78 is 5.04. The Bertz CT molecular complexity index is 723. The number of carbonyl (C=O) groups is 2. The van der Waals surface area contributed by atoms with Crippen LogP contribution in [0.15, 0.2) is 12.1 Å². The lowest BCUT2D eigenvalue weighted by molar-refractivity contribution is -0.384. The van der Waals surface area contributed by atoms with Crippen LogP contribution in [0.1, 0.15) is 38.3 Å². The van der Waals surface area contributed by atoms with Crippen molar-refractivity contribution in [1.82, 2.24) is 0 Å². The predicted molar refractivity (Wildman–Crippen MR) is 86.6 cm³/mol. The van der Waals surface area contributed by atoms with Crippen LogP contribution in [0.5, 0.6) is 0 Å². The van der Waals surface area contributed by atoms with Crippen molar-refractivity contribution < 1.29 is 19.2 Å². The van der Waals surface area contributed by atoms with E-state index in [1.165, 1.54) is 26.1 Å². The zero-order valence-electron chi connectivity index (χ0n) is 14.0. The van der Waals surface area contributed by atoms with Gasteiger partial charge in [-0.25, -0.2) is 0 Å². The molecule has 1 aromatic rings. The minimum Gasteiger partial charge on any atom is -0.465 e. The van der Waals surface area contributed by atoms with Gasteiger partial charge < -0.3 is 10.1 Å². The molecule has 1 rings (SSSR count). The monoisotopic (exact) mass is 333 g/mol. The van der Waals surface area contributed by atoms with Crippen molar-refractivity contribution in [3.63, 3.8) is 0 Å². The third-order valence-corrected chi connectivity index (χ3v) is 3.96. The van der Waals surface area contributed by atoms with E-state index in [4.69, 9.17) is 4.74 Å². The SMILES string of the molecule is CCOC(=O)C(CC)(C(C)=O)c1ccc([N+](=O)[O-])c(NC)c1C#N. The van der Waals surface area contributed by atoms with E-state index in [1.54, 1.807) is 13.8 Å². The molecule has 0 radical (unpaired) electrons. The van der Waals surface area contributed by atoms with E-state index < -0.39 is 22.1 Å².